The van der Waals surface area contributed by atoms with Gasteiger partial charge in [0, 0.05) is 5.25 Å². The summed E-state index contributed by atoms with van der Waals surface area (Å²) < 4.78 is 9.89. The number of esters is 1. The zero-order valence-electron chi connectivity index (χ0n) is 10.6. The van der Waals surface area contributed by atoms with Crippen molar-refractivity contribution < 1.29 is 14.3 Å². The largest absolute Gasteiger partial charge is 0.497 e. The first-order valence-electron chi connectivity index (χ1n) is 5.45. The van der Waals surface area contributed by atoms with Gasteiger partial charge in [0.25, 0.3) is 0 Å². The summed E-state index contributed by atoms with van der Waals surface area (Å²) in [7, 11) is 3.06. The molecule has 0 bridgehead atoms. The number of rotatable bonds is 5. The number of thioether (sulfide) groups is 1. The summed E-state index contributed by atoms with van der Waals surface area (Å²) in [6.07, 6.45) is 0. The Hall–Kier alpha value is -1.16. The molecule has 0 saturated carbocycles. The van der Waals surface area contributed by atoms with Gasteiger partial charge in [-0.05, 0) is 31.5 Å². The molecule has 1 rings (SSSR count). The molecule has 1 aromatic carbocycles. The standard InChI is InChI=1S/C13H18O3S/c1-9(17-10(2)13(14)16-4)11-6-5-7-12(8-11)15-3/h5-10H,1-4H3/t9-,10+/m1/s1. The molecule has 3 nitrogen and oxygen atoms in total. The maximum absolute atomic E-state index is 11.3. The van der Waals surface area contributed by atoms with Crippen LogP contribution in [-0.4, -0.2) is 25.4 Å². The minimum atomic E-state index is -0.190. The fraction of sp³-hybridized carbons (Fsp3) is 0.462. The lowest BCUT2D eigenvalue weighted by Gasteiger charge is -2.16. The van der Waals surface area contributed by atoms with Gasteiger partial charge in [-0.25, -0.2) is 0 Å². The number of carbonyl (C=O) groups is 1. The van der Waals surface area contributed by atoms with Gasteiger partial charge in [-0.15, -0.1) is 11.8 Å². The van der Waals surface area contributed by atoms with Gasteiger partial charge >= 0.3 is 5.97 Å². The number of methoxy groups -OCH3 is 2. The predicted octanol–water partition coefficient (Wildman–Crippen LogP) is 3.05. The van der Waals surface area contributed by atoms with Crippen molar-refractivity contribution in [2.75, 3.05) is 14.2 Å². The number of ether oxygens (including phenoxy) is 2. The third-order valence-corrected chi connectivity index (χ3v) is 3.79. The van der Waals surface area contributed by atoms with Crippen LogP contribution in [0.25, 0.3) is 0 Å². The highest BCUT2D eigenvalue weighted by Gasteiger charge is 2.18. The van der Waals surface area contributed by atoms with Crippen LogP contribution in [0.1, 0.15) is 24.7 Å². The normalized spacial score (nSPS) is 13.9. The Bertz CT molecular complexity index is 379. The third kappa shape index (κ3) is 3.97. The molecule has 0 spiro atoms. The molecular formula is C13H18O3S. The first kappa shape index (κ1) is 13.9. The zero-order valence-corrected chi connectivity index (χ0v) is 11.4. The minimum absolute atomic E-state index is 0.166. The summed E-state index contributed by atoms with van der Waals surface area (Å²) in [5.74, 6) is 0.644. The van der Waals surface area contributed by atoms with E-state index in [1.807, 2.05) is 31.2 Å². The van der Waals surface area contributed by atoms with Gasteiger partial charge in [-0.1, -0.05) is 12.1 Å². The van der Waals surface area contributed by atoms with Gasteiger partial charge in [-0.2, -0.15) is 0 Å². The quantitative estimate of drug-likeness (QED) is 0.757. The number of benzene rings is 1. The predicted molar refractivity (Wildman–Crippen MR) is 70.5 cm³/mol. The van der Waals surface area contributed by atoms with Gasteiger partial charge in [0.1, 0.15) is 11.0 Å². The van der Waals surface area contributed by atoms with Gasteiger partial charge in [0.05, 0.1) is 14.2 Å². The van der Waals surface area contributed by atoms with Crippen molar-refractivity contribution in [2.24, 2.45) is 0 Å². The van der Waals surface area contributed by atoms with E-state index in [2.05, 4.69) is 6.92 Å². The third-order valence-electron chi connectivity index (χ3n) is 2.50. The summed E-state index contributed by atoms with van der Waals surface area (Å²) in [4.78, 5) is 11.3. The molecule has 0 unspecified atom stereocenters. The maximum atomic E-state index is 11.3. The highest BCUT2D eigenvalue weighted by molar-refractivity contribution is 8.00. The van der Waals surface area contributed by atoms with Gasteiger partial charge < -0.3 is 9.47 Å². The molecule has 0 aromatic heterocycles. The lowest BCUT2D eigenvalue weighted by atomic mass is 10.1. The molecule has 94 valence electrons. The SMILES string of the molecule is COC(=O)[C@H](C)S[C@H](C)c1cccc(OC)c1. The van der Waals surface area contributed by atoms with E-state index in [-0.39, 0.29) is 16.5 Å². The molecule has 17 heavy (non-hydrogen) atoms. The van der Waals surface area contributed by atoms with Crippen molar-refractivity contribution in [3.63, 3.8) is 0 Å². The smallest absolute Gasteiger partial charge is 0.318 e. The summed E-state index contributed by atoms with van der Waals surface area (Å²) in [5.41, 5.74) is 1.14. The molecule has 0 fully saturated rings. The zero-order chi connectivity index (χ0) is 12.8. The lowest BCUT2D eigenvalue weighted by molar-refractivity contribution is -0.139. The van der Waals surface area contributed by atoms with Crippen LogP contribution >= 0.6 is 11.8 Å². The van der Waals surface area contributed by atoms with Crippen molar-refractivity contribution in [3.05, 3.63) is 29.8 Å². The molecule has 0 saturated heterocycles. The van der Waals surface area contributed by atoms with E-state index in [4.69, 9.17) is 9.47 Å². The molecule has 4 heteroatoms. The first-order valence-corrected chi connectivity index (χ1v) is 6.40. The minimum Gasteiger partial charge on any atom is -0.497 e. The van der Waals surface area contributed by atoms with Crippen molar-refractivity contribution in [1.29, 1.82) is 0 Å². The van der Waals surface area contributed by atoms with E-state index in [1.54, 1.807) is 18.9 Å². The van der Waals surface area contributed by atoms with Crippen LogP contribution in [0.2, 0.25) is 0 Å². The van der Waals surface area contributed by atoms with E-state index < -0.39 is 0 Å². The Balaban J connectivity index is 2.68. The first-order chi connectivity index (χ1) is 8.08. The topological polar surface area (TPSA) is 35.5 Å². The van der Waals surface area contributed by atoms with Crippen LogP contribution in [0.3, 0.4) is 0 Å². The average Bonchev–Trinajstić information content (AvgIpc) is 2.37. The Morgan fingerprint density at radius 1 is 1.29 bits per heavy atom. The summed E-state index contributed by atoms with van der Waals surface area (Å²) in [6, 6.07) is 7.88. The van der Waals surface area contributed by atoms with Gasteiger partial charge in [0.15, 0.2) is 0 Å². The van der Waals surface area contributed by atoms with E-state index in [9.17, 15) is 4.79 Å². The van der Waals surface area contributed by atoms with Crippen LogP contribution in [0.15, 0.2) is 24.3 Å². The van der Waals surface area contributed by atoms with Gasteiger partial charge in [0.2, 0.25) is 0 Å². The fourth-order valence-corrected chi connectivity index (χ4v) is 2.62. The maximum Gasteiger partial charge on any atom is 0.318 e. The molecule has 0 aliphatic carbocycles. The monoisotopic (exact) mass is 254 g/mol. The van der Waals surface area contributed by atoms with Crippen molar-refractivity contribution >= 4 is 17.7 Å². The Morgan fingerprint density at radius 3 is 2.59 bits per heavy atom. The van der Waals surface area contributed by atoms with E-state index in [0.717, 1.165) is 11.3 Å². The molecule has 0 aliphatic rings. The highest BCUT2D eigenvalue weighted by atomic mass is 32.2. The van der Waals surface area contributed by atoms with Gasteiger partial charge in [-0.3, -0.25) is 4.79 Å². The second-order valence-corrected chi connectivity index (χ2v) is 5.41. The van der Waals surface area contributed by atoms with E-state index >= 15 is 0 Å². The molecule has 0 amide bonds. The number of hydrogen-bond donors (Lipinski definition) is 0. The molecule has 1 aromatic rings. The van der Waals surface area contributed by atoms with Crippen LogP contribution in [0.4, 0.5) is 0 Å². The fourth-order valence-electron chi connectivity index (χ4n) is 1.50. The Kier molecular flexibility index (Phi) is 5.35. The summed E-state index contributed by atoms with van der Waals surface area (Å²) in [5, 5.41) is 0.0559. The lowest BCUT2D eigenvalue weighted by Crippen LogP contribution is -2.15. The van der Waals surface area contributed by atoms with E-state index in [0.29, 0.717) is 0 Å². The molecular weight excluding hydrogens is 236 g/mol. The summed E-state index contributed by atoms with van der Waals surface area (Å²) >= 11 is 1.57. The second-order valence-electron chi connectivity index (χ2n) is 3.72. The Labute approximate surface area is 106 Å². The van der Waals surface area contributed by atoms with Crippen LogP contribution in [0, 0.1) is 0 Å². The van der Waals surface area contributed by atoms with Crippen LogP contribution in [-0.2, 0) is 9.53 Å². The average molecular weight is 254 g/mol. The Morgan fingerprint density at radius 2 is 2.00 bits per heavy atom. The second kappa shape index (κ2) is 6.55. The van der Waals surface area contributed by atoms with Crippen molar-refractivity contribution in [2.45, 2.75) is 24.3 Å². The number of carbonyl (C=O) groups excluding carboxylic acids is 1. The highest BCUT2D eigenvalue weighted by Crippen LogP contribution is 2.33. The molecule has 2 atom stereocenters. The molecule has 0 radical (unpaired) electrons. The van der Waals surface area contributed by atoms with Crippen molar-refractivity contribution in [3.8, 4) is 5.75 Å². The molecule has 0 heterocycles. The van der Waals surface area contributed by atoms with E-state index in [1.165, 1.54) is 7.11 Å². The van der Waals surface area contributed by atoms with Crippen LogP contribution < -0.4 is 4.74 Å². The molecule has 0 N–H and O–H groups in total. The van der Waals surface area contributed by atoms with Crippen LogP contribution in [0.5, 0.6) is 5.75 Å². The van der Waals surface area contributed by atoms with Crippen molar-refractivity contribution in [1.82, 2.24) is 0 Å². The molecule has 0 aliphatic heterocycles. The summed E-state index contributed by atoms with van der Waals surface area (Å²) in [6.45, 7) is 3.92. The number of hydrogen-bond acceptors (Lipinski definition) is 4.